The van der Waals surface area contributed by atoms with Gasteiger partial charge in [0.2, 0.25) is 0 Å². The van der Waals surface area contributed by atoms with E-state index in [4.69, 9.17) is 10.5 Å². The van der Waals surface area contributed by atoms with Crippen molar-refractivity contribution < 1.29 is 14.9 Å². The first-order valence-electron chi connectivity index (χ1n) is 10.4. The van der Waals surface area contributed by atoms with Gasteiger partial charge in [-0.25, -0.2) is 15.0 Å². The number of fused-ring (bicyclic) bond motifs is 2. The Balaban J connectivity index is 1.30. The average molecular weight is 417 g/mol. The first-order chi connectivity index (χ1) is 15.0. The second-order valence-corrected chi connectivity index (χ2v) is 8.79. The van der Waals surface area contributed by atoms with Crippen molar-refractivity contribution in [3.05, 3.63) is 60.7 Å². The van der Waals surface area contributed by atoms with Crippen LogP contribution in [-0.4, -0.2) is 48.5 Å². The molecule has 3 aromatic heterocycles. The molecule has 1 saturated carbocycles. The van der Waals surface area contributed by atoms with Crippen LogP contribution < -0.4 is 5.73 Å². The number of hydrogen-bond donors (Lipinski definition) is 3. The summed E-state index contributed by atoms with van der Waals surface area (Å²) in [5, 5.41) is 23.9. The Hall–Kier alpha value is -3.07. The highest BCUT2D eigenvalue weighted by Gasteiger charge is 2.57. The number of anilines is 1. The van der Waals surface area contributed by atoms with Crippen LogP contribution in [0, 0.1) is 5.41 Å². The molecule has 31 heavy (non-hydrogen) atoms. The van der Waals surface area contributed by atoms with Gasteiger partial charge in [0.05, 0.1) is 30.4 Å². The van der Waals surface area contributed by atoms with E-state index in [0.29, 0.717) is 25.3 Å². The third-order valence-electron chi connectivity index (χ3n) is 6.97. The summed E-state index contributed by atoms with van der Waals surface area (Å²) in [6.07, 6.45) is 4.45. The number of hydrogen-bond acceptors (Lipinski definition) is 7. The van der Waals surface area contributed by atoms with E-state index in [1.807, 2.05) is 41.1 Å². The summed E-state index contributed by atoms with van der Waals surface area (Å²) in [4.78, 5) is 12.8. The first kappa shape index (κ1) is 18.7. The molecule has 4 heterocycles. The lowest BCUT2D eigenvalue weighted by atomic mass is 9.80. The van der Waals surface area contributed by atoms with E-state index in [1.54, 1.807) is 12.3 Å². The van der Waals surface area contributed by atoms with Crippen LogP contribution in [0.4, 0.5) is 5.82 Å². The predicted molar refractivity (Wildman–Crippen MR) is 115 cm³/mol. The highest BCUT2D eigenvalue weighted by atomic mass is 16.5. The van der Waals surface area contributed by atoms with Crippen molar-refractivity contribution in [2.24, 2.45) is 5.41 Å². The molecule has 0 amide bonds. The zero-order valence-corrected chi connectivity index (χ0v) is 16.8. The van der Waals surface area contributed by atoms with Crippen molar-refractivity contribution in [3.8, 4) is 0 Å². The van der Waals surface area contributed by atoms with Crippen molar-refractivity contribution >= 4 is 27.8 Å². The minimum atomic E-state index is -0.897. The maximum atomic E-state index is 11.1. The van der Waals surface area contributed by atoms with Gasteiger partial charge in [0, 0.05) is 28.6 Å². The fraction of sp³-hybridized carbons (Fsp3) is 0.348. The number of ether oxygens (including phenoxy) is 1. The normalized spacial score (nSPS) is 30.6. The van der Waals surface area contributed by atoms with E-state index in [9.17, 15) is 10.2 Å². The van der Waals surface area contributed by atoms with Crippen LogP contribution in [-0.2, 0) is 4.74 Å². The molecule has 6 rings (SSSR count). The van der Waals surface area contributed by atoms with Gasteiger partial charge in [0.1, 0.15) is 23.9 Å². The summed E-state index contributed by atoms with van der Waals surface area (Å²) >= 11 is 0. The maximum Gasteiger partial charge on any atom is 0.143 e. The molecule has 8 heteroatoms. The van der Waals surface area contributed by atoms with E-state index in [1.165, 1.54) is 6.33 Å². The van der Waals surface area contributed by atoms with Crippen LogP contribution in [0.15, 0.2) is 55.1 Å². The number of aliphatic hydroxyl groups excluding tert-OH is 2. The van der Waals surface area contributed by atoms with E-state index >= 15 is 0 Å². The standard InChI is InChI=1S/C23H23N5O3/c24-19-4-3-13-1-2-14(7-16(13)27-19)18-9-23(11-31-18)8-17(20(29)21(23)30)28-6-5-15-10-25-12-26-22(15)28/h1-7,10,12,17-18,20-21,29-30H,8-9,11H2,(H2,24,27)/t17-,18-,20+,21+,23-/m1/s1. The summed E-state index contributed by atoms with van der Waals surface area (Å²) in [7, 11) is 0. The Morgan fingerprint density at radius 1 is 1.10 bits per heavy atom. The van der Waals surface area contributed by atoms with Crippen molar-refractivity contribution in [1.29, 1.82) is 0 Å². The average Bonchev–Trinajstić information content (AvgIpc) is 3.47. The summed E-state index contributed by atoms with van der Waals surface area (Å²) in [6.45, 7) is 0.392. The molecule has 1 saturated heterocycles. The zero-order chi connectivity index (χ0) is 21.2. The molecular weight excluding hydrogens is 394 g/mol. The second kappa shape index (κ2) is 6.71. The van der Waals surface area contributed by atoms with E-state index in [2.05, 4.69) is 15.0 Å². The second-order valence-electron chi connectivity index (χ2n) is 8.79. The zero-order valence-electron chi connectivity index (χ0n) is 16.8. The van der Waals surface area contributed by atoms with Crippen LogP contribution in [0.3, 0.4) is 0 Å². The molecule has 1 spiro atoms. The molecule has 0 unspecified atom stereocenters. The Morgan fingerprint density at radius 2 is 1.97 bits per heavy atom. The van der Waals surface area contributed by atoms with Gasteiger partial charge in [0.15, 0.2) is 0 Å². The monoisotopic (exact) mass is 417 g/mol. The van der Waals surface area contributed by atoms with Crippen LogP contribution in [0.1, 0.15) is 30.6 Å². The summed E-state index contributed by atoms with van der Waals surface area (Å²) < 4.78 is 8.12. The Morgan fingerprint density at radius 3 is 2.87 bits per heavy atom. The van der Waals surface area contributed by atoms with Crippen molar-refractivity contribution in [1.82, 2.24) is 19.5 Å². The van der Waals surface area contributed by atoms with Crippen molar-refractivity contribution in [2.45, 2.75) is 37.2 Å². The first-order valence-corrected chi connectivity index (χ1v) is 10.4. The molecular formula is C23H23N5O3. The Labute approximate surface area is 178 Å². The SMILES string of the molecule is Nc1ccc2ccc([C@H]3C[C@@]4(CO3)C[C@@H](n3ccc5cncnc53)[C@H](O)[C@@H]4O)cc2n1. The lowest BCUT2D eigenvalue weighted by molar-refractivity contribution is -0.0309. The summed E-state index contributed by atoms with van der Waals surface area (Å²) in [5.41, 5.74) is 7.92. The van der Waals surface area contributed by atoms with E-state index in [0.717, 1.165) is 27.5 Å². The number of pyridine rings is 1. The molecule has 1 aromatic carbocycles. The van der Waals surface area contributed by atoms with Crippen LogP contribution in [0.25, 0.3) is 21.9 Å². The molecule has 4 aromatic rings. The number of nitrogen functional groups attached to an aromatic ring is 1. The summed E-state index contributed by atoms with van der Waals surface area (Å²) in [6, 6.07) is 11.4. The van der Waals surface area contributed by atoms with Gasteiger partial charge in [-0.2, -0.15) is 0 Å². The van der Waals surface area contributed by atoms with E-state index in [-0.39, 0.29) is 12.1 Å². The highest BCUT2D eigenvalue weighted by molar-refractivity contribution is 5.80. The van der Waals surface area contributed by atoms with Crippen LogP contribution >= 0.6 is 0 Å². The number of benzene rings is 1. The molecule has 2 aliphatic rings. The molecule has 1 aliphatic heterocycles. The van der Waals surface area contributed by atoms with Gasteiger partial charge in [-0.05, 0) is 42.7 Å². The van der Waals surface area contributed by atoms with Gasteiger partial charge in [0.25, 0.3) is 0 Å². The molecule has 5 atom stereocenters. The molecule has 2 fully saturated rings. The molecule has 4 N–H and O–H groups in total. The lowest BCUT2D eigenvalue weighted by Gasteiger charge is -2.26. The van der Waals surface area contributed by atoms with Crippen molar-refractivity contribution in [2.75, 3.05) is 12.3 Å². The van der Waals surface area contributed by atoms with Crippen LogP contribution in [0.2, 0.25) is 0 Å². The minimum absolute atomic E-state index is 0.169. The number of aromatic nitrogens is 4. The number of aliphatic hydroxyl groups is 2. The minimum Gasteiger partial charge on any atom is -0.390 e. The topological polar surface area (TPSA) is 119 Å². The molecule has 8 nitrogen and oxygen atoms in total. The van der Waals surface area contributed by atoms with Gasteiger partial charge in [-0.1, -0.05) is 12.1 Å². The quantitative estimate of drug-likeness (QED) is 0.458. The third-order valence-corrected chi connectivity index (χ3v) is 6.97. The van der Waals surface area contributed by atoms with E-state index < -0.39 is 17.6 Å². The lowest BCUT2D eigenvalue weighted by Crippen LogP contribution is -2.37. The number of rotatable bonds is 2. The largest absolute Gasteiger partial charge is 0.390 e. The Kier molecular flexibility index (Phi) is 4.05. The van der Waals surface area contributed by atoms with Gasteiger partial charge >= 0.3 is 0 Å². The Bertz CT molecular complexity index is 1290. The number of nitrogens with two attached hydrogens (primary N) is 1. The van der Waals surface area contributed by atoms with Crippen molar-refractivity contribution in [3.63, 3.8) is 0 Å². The third kappa shape index (κ3) is 2.83. The van der Waals surface area contributed by atoms with Gasteiger partial charge in [-0.15, -0.1) is 0 Å². The fourth-order valence-corrected chi connectivity index (χ4v) is 5.33. The number of nitrogens with zero attached hydrogens (tertiary/aromatic N) is 4. The highest BCUT2D eigenvalue weighted by Crippen LogP contribution is 2.54. The smallest absolute Gasteiger partial charge is 0.143 e. The predicted octanol–water partition coefficient (Wildman–Crippen LogP) is 2.38. The molecule has 158 valence electrons. The van der Waals surface area contributed by atoms with Gasteiger partial charge in [-0.3, -0.25) is 0 Å². The molecule has 0 bridgehead atoms. The summed E-state index contributed by atoms with van der Waals surface area (Å²) in [5.74, 6) is 0.480. The fourth-order valence-electron chi connectivity index (χ4n) is 5.33. The maximum absolute atomic E-state index is 11.1. The molecule has 1 aliphatic carbocycles. The van der Waals surface area contributed by atoms with Gasteiger partial charge < -0.3 is 25.3 Å². The van der Waals surface area contributed by atoms with Crippen LogP contribution in [0.5, 0.6) is 0 Å². The molecule has 0 radical (unpaired) electrons.